The average molecular weight is 1320 g/mol. The van der Waals surface area contributed by atoms with Gasteiger partial charge in [0.15, 0.2) is 0 Å². The third-order valence-corrected chi connectivity index (χ3v) is 20.8. The number of allylic oxidation sites excluding steroid dienone is 4. The van der Waals surface area contributed by atoms with Gasteiger partial charge in [0.2, 0.25) is 5.91 Å². The largest absolute Gasteiger partial charge is 0.466 e. The SMILES string of the molecule is CCCCCCCCCCCCCCCCCCCCCCCCCCCC(O)C(CO)NC(=O)CCCCCCCCCCCCCCCCCCC/C=C\C/C=C\CCCCCCCCCCCCCCCCCOC(=O)CCCCCCCCCCCCCCC. The zero-order valence-electron chi connectivity index (χ0n) is 64.2. The van der Waals surface area contributed by atoms with Crippen LogP contribution in [0.5, 0.6) is 0 Å². The van der Waals surface area contributed by atoms with Crippen molar-refractivity contribution in [1.29, 1.82) is 0 Å². The van der Waals surface area contributed by atoms with Gasteiger partial charge in [-0.05, 0) is 57.8 Å². The molecule has 0 aliphatic rings. The molecule has 0 rings (SSSR count). The van der Waals surface area contributed by atoms with Crippen molar-refractivity contribution in [3.05, 3.63) is 24.3 Å². The zero-order chi connectivity index (χ0) is 67.7. The van der Waals surface area contributed by atoms with Crippen LogP contribution in [0.2, 0.25) is 0 Å². The van der Waals surface area contributed by atoms with Crippen molar-refractivity contribution in [2.75, 3.05) is 13.2 Å². The van der Waals surface area contributed by atoms with Crippen LogP contribution in [-0.4, -0.2) is 47.4 Å². The zero-order valence-corrected chi connectivity index (χ0v) is 64.2. The third-order valence-electron chi connectivity index (χ3n) is 20.8. The first-order chi connectivity index (χ1) is 46.5. The Balaban J connectivity index is 3.35. The van der Waals surface area contributed by atoms with Crippen LogP contribution in [0, 0.1) is 0 Å². The highest BCUT2D eigenvalue weighted by Crippen LogP contribution is 2.21. The Bertz CT molecular complexity index is 1480. The first-order valence-electron chi connectivity index (χ1n) is 43.6. The number of unbranched alkanes of at least 4 members (excludes halogenated alkanes) is 68. The molecule has 0 aromatic rings. The molecule has 558 valence electrons. The Morgan fingerprint density at radius 3 is 0.809 bits per heavy atom. The van der Waals surface area contributed by atoms with Gasteiger partial charge in [0.05, 0.1) is 25.4 Å². The maximum absolute atomic E-state index is 12.6. The molecule has 0 aliphatic heterocycles. The Morgan fingerprint density at radius 2 is 0.532 bits per heavy atom. The molecule has 0 aromatic carbocycles. The number of esters is 1. The molecule has 0 fully saturated rings. The average Bonchev–Trinajstić information content (AvgIpc) is 3.79. The van der Waals surface area contributed by atoms with Crippen LogP contribution in [0.3, 0.4) is 0 Å². The molecule has 0 heterocycles. The van der Waals surface area contributed by atoms with E-state index in [9.17, 15) is 19.8 Å². The fraction of sp³-hybridized carbons (Fsp3) is 0.932. The van der Waals surface area contributed by atoms with Crippen molar-refractivity contribution in [2.45, 2.75) is 514 Å². The van der Waals surface area contributed by atoms with Crippen LogP contribution in [0.15, 0.2) is 24.3 Å². The smallest absolute Gasteiger partial charge is 0.305 e. The van der Waals surface area contributed by atoms with Gasteiger partial charge in [-0.2, -0.15) is 0 Å². The summed E-state index contributed by atoms with van der Waals surface area (Å²) in [7, 11) is 0. The van der Waals surface area contributed by atoms with Gasteiger partial charge in [-0.3, -0.25) is 9.59 Å². The molecular weight excluding hydrogens is 1150 g/mol. The summed E-state index contributed by atoms with van der Waals surface area (Å²) in [5.41, 5.74) is 0. The summed E-state index contributed by atoms with van der Waals surface area (Å²) >= 11 is 0. The predicted octanol–water partition coefficient (Wildman–Crippen LogP) is 29.2. The summed E-state index contributed by atoms with van der Waals surface area (Å²) in [5, 5.41) is 23.5. The Morgan fingerprint density at radius 1 is 0.298 bits per heavy atom. The molecule has 2 atom stereocenters. The predicted molar refractivity (Wildman–Crippen MR) is 417 cm³/mol. The van der Waals surface area contributed by atoms with E-state index in [2.05, 4.69) is 43.5 Å². The highest BCUT2D eigenvalue weighted by Gasteiger charge is 2.20. The maximum Gasteiger partial charge on any atom is 0.305 e. The molecule has 0 radical (unpaired) electrons. The van der Waals surface area contributed by atoms with Crippen LogP contribution in [0.1, 0.15) is 502 Å². The quantitative estimate of drug-likeness (QED) is 0.0320. The molecule has 0 aliphatic carbocycles. The monoisotopic (exact) mass is 1320 g/mol. The molecule has 0 bridgehead atoms. The second kappa shape index (κ2) is 83.8. The van der Waals surface area contributed by atoms with Gasteiger partial charge in [-0.15, -0.1) is 0 Å². The topological polar surface area (TPSA) is 95.9 Å². The Hall–Kier alpha value is -1.66. The van der Waals surface area contributed by atoms with Crippen LogP contribution >= 0.6 is 0 Å². The fourth-order valence-electron chi connectivity index (χ4n) is 14.1. The first-order valence-corrected chi connectivity index (χ1v) is 43.6. The van der Waals surface area contributed by atoms with Crippen molar-refractivity contribution in [2.24, 2.45) is 0 Å². The fourth-order valence-corrected chi connectivity index (χ4v) is 14.1. The molecule has 6 heteroatoms. The van der Waals surface area contributed by atoms with Gasteiger partial charge in [-0.25, -0.2) is 0 Å². The molecule has 0 aromatic heterocycles. The molecule has 1 amide bonds. The third kappa shape index (κ3) is 79.3. The Kier molecular flexibility index (Phi) is 82.3. The van der Waals surface area contributed by atoms with Crippen LogP contribution in [0.25, 0.3) is 0 Å². The molecule has 94 heavy (non-hydrogen) atoms. The van der Waals surface area contributed by atoms with E-state index in [-0.39, 0.29) is 18.5 Å². The number of nitrogens with one attached hydrogen (secondary N) is 1. The van der Waals surface area contributed by atoms with Crippen molar-refractivity contribution in [3.8, 4) is 0 Å². The van der Waals surface area contributed by atoms with E-state index in [1.165, 1.54) is 424 Å². The number of aliphatic hydroxyl groups is 2. The number of hydrogen-bond donors (Lipinski definition) is 3. The van der Waals surface area contributed by atoms with Crippen LogP contribution < -0.4 is 5.32 Å². The molecule has 2 unspecified atom stereocenters. The lowest BCUT2D eigenvalue weighted by molar-refractivity contribution is -0.143. The highest BCUT2D eigenvalue weighted by atomic mass is 16.5. The number of aliphatic hydroxyl groups excluding tert-OH is 2. The lowest BCUT2D eigenvalue weighted by atomic mass is 10.0. The molecule has 6 nitrogen and oxygen atoms in total. The van der Waals surface area contributed by atoms with Crippen molar-refractivity contribution < 1.29 is 24.5 Å². The summed E-state index contributed by atoms with van der Waals surface area (Å²) in [6.07, 6.45) is 109. The van der Waals surface area contributed by atoms with Gasteiger partial charge in [0, 0.05) is 12.8 Å². The van der Waals surface area contributed by atoms with Gasteiger partial charge in [-0.1, -0.05) is 456 Å². The molecular formula is C88H171NO5. The summed E-state index contributed by atoms with van der Waals surface area (Å²) in [4.78, 5) is 24.7. The highest BCUT2D eigenvalue weighted by molar-refractivity contribution is 5.76. The molecule has 0 saturated carbocycles. The summed E-state index contributed by atoms with van der Waals surface area (Å²) in [5.74, 6) is -0.00241. The summed E-state index contributed by atoms with van der Waals surface area (Å²) < 4.78 is 5.50. The van der Waals surface area contributed by atoms with Crippen molar-refractivity contribution >= 4 is 11.9 Å². The first kappa shape index (κ1) is 92.3. The summed E-state index contributed by atoms with van der Waals surface area (Å²) in [6, 6.07) is -0.541. The number of hydrogen-bond acceptors (Lipinski definition) is 5. The minimum atomic E-state index is -0.664. The second-order valence-electron chi connectivity index (χ2n) is 30.2. The number of carbonyl (C=O) groups excluding carboxylic acids is 2. The van der Waals surface area contributed by atoms with E-state index < -0.39 is 12.1 Å². The normalized spacial score (nSPS) is 12.5. The number of ether oxygens (including phenoxy) is 1. The Labute approximate surface area is 590 Å². The van der Waals surface area contributed by atoms with Crippen molar-refractivity contribution in [3.63, 3.8) is 0 Å². The standard InChI is InChI=1S/C88H171NO5/c1-3-5-7-9-11-13-15-17-18-19-20-21-22-38-41-44-47-50-53-57-60-64-68-72-76-80-86(91)85(84-90)89-87(92)81-77-73-69-65-61-58-54-51-48-45-42-39-36-34-32-30-28-26-24-23-25-27-29-31-33-35-37-40-43-46-49-52-55-59-63-67-71-75-79-83-94-88(93)82-78-74-70-66-62-56-16-14-12-10-8-6-4-2/h23-24,27,29,85-86,90-91H,3-22,25-26,28,30-84H2,1-2H3,(H,89,92)/b24-23-,29-27-. The molecule has 0 spiro atoms. The van der Waals surface area contributed by atoms with Gasteiger partial charge < -0.3 is 20.3 Å². The van der Waals surface area contributed by atoms with E-state index in [1.807, 2.05) is 0 Å². The van der Waals surface area contributed by atoms with Gasteiger partial charge >= 0.3 is 5.97 Å². The maximum atomic E-state index is 12.6. The second-order valence-corrected chi connectivity index (χ2v) is 30.2. The van der Waals surface area contributed by atoms with E-state index in [4.69, 9.17) is 4.74 Å². The molecule has 0 saturated heterocycles. The van der Waals surface area contributed by atoms with Crippen LogP contribution in [0.4, 0.5) is 0 Å². The number of amides is 1. The molecule has 3 N–H and O–H groups in total. The lowest BCUT2D eigenvalue weighted by Crippen LogP contribution is -2.45. The van der Waals surface area contributed by atoms with Crippen molar-refractivity contribution in [1.82, 2.24) is 5.32 Å². The summed E-state index contributed by atoms with van der Waals surface area (Å²) in [6.45, 7) is 5.02. The minimum Gasteiger partial charge on any atom is -0.466 e. The van der Waals surface area contributed by atoms with E-state index >= 15 is 0 Å². The van der Waals surface area contributed by atoms with Gasteiger partial charge in [0.25, 0.3) is 0 Å². The van der Waals surface area contributed by atoms with E-state index in [1.54, 1.807) is 0 Å². The van der Waals surface area contributed by atoms with Crippen LogP contribution in [-0.2, 0) is 14.3 Å². The van der Waals surface area contributed by atoms with E-state index in [0.717, 1.165) is 44.9 Å². The minimum absolute atomic E-state index is 0.0230. The van der Waals surface area contributed by atoms with Gasteiger partial charge in [0.1, 0.15) is 0 Å². The number of rotatable bonds is 83. The lowest BCUT2D eigenvalue weighted by Gasteiger charge is -2.22. The number of carbonyl (C=O) groups is 2. The van der Waals surface area contributed by atoms with E-state index in [0.29, 0.717) is 25.9 Å².